The van der Waals surface area contributed by atoms with Gasteiger partial charge in [0.15, 0.2) is 0 Å². The van der Waals surface area contributed by atoms with Crippen LogP contribution in [0.15, 0.2) is 29.2 Å². The van der Waals surface area contributed by atoms with Gasteiger partial charge in [-0.05, 0) is 50.8 Å². The number of carbonyl (C=O) groups is 1. The fourth-order valence-corrected chi connectivity index (χ4v) is 2.70. The van der Waals surface area contributed by atoms with Crippen LogP contribution in [0.3, 0.4) is 0 Å². The van der Waals surface area contributed by atoms with E-state index in [0.717, 1.165) is 10.8 Å². The van der Waals surface area contributed by atoms with E-state index in [1.165, 1.54) is 17.7 Å². The van der Waals surface area contributed by atoms with Crippen molar-refractivity contribution in [1.82, 2.24) is 0 Å². The lowest BCUT2D eigenvalue weighted by Crippen LogP contribution is -2.26. The van der Waals surface area contributed by atoms with Crippen LogP contribution in [0, 0.1) is 5.41 Å². The molecule has 92 valence electrons. The van der Waals surface area contributed by atoms with Gasteiger partial charge in [0.25, 0.3) is 0 Å². The molecule has 1 aromatic rings. The van der Waals surface area contributed by atoms with Crippen molar-refractivity contribution in [2.45, 2.75) is 43.3 Å². The van der Waals surface area contributed by atoms with Gasteiger partial charge in [-0.2, -0.15) is 0 Å². The minimum atomic E-state index is -0.742. The van der Waals surface area contributed by atoms with Gasteiger partial charge in [-0.25, -0.2) is 0 Å². The van der Waals surface area contributed by atoms with Crippen molar-refractivity contribution in [3.05, 3.63) is 29.8 Å². The van der Waals surface area contributed by atoms with E-state index in [1.807, 2.05) is 11.8 Å². The standard InChI is InChI=1S/C14H18O2S/c1-14(2,13(15)16)9-10-3-5-11(6-4-10)17-12-7-8-12/h3-6,12H,7-9H2,1-2H3,(H,15,16). The van der Waals surface area contributed by atoms with E-state index in [1.54, 1.807) is 13.8 Å². The summed E-state index contributed by atoms with van der Waals surface area (Å²) in [6.45, 7) is 3.53. The number of carboxylic acid groups (broad SMARTS) is 1. The molecule has 1 N–H and O–H groups in total. The molecule has 1 aromatic carbocycles. The summed E-state index contributed by atoms with van der Waals surface area (Å²) >= 11 is 1.93. The highest BCUT2D eigenvalue weighted by Crippen LogP contribution is 2.39. The molecule has 0 aromatic heterocycles. The van der Waals surface area contributed by atoms with Gasteiger partial charge in [-0.3, -0.25) is 4.79 Å². The normalized spacial score (nSPS) is 15.9. The van der Waals surface area contributed by atoms with Crippen LogP contribution in [0.4, 0.5) is 0 Å². The van der Waals surface area contributed by atoms with Crippen LogP contribution in [0.5, 0.6) is 0 Å². The Morgan fingerprint density at radius 3 is 2.41 bits per heavy atom. The molecule has 0 atom stereocenters. The summed E-state index contributed by atoms with van der Waals surface area (Å²) in [5.41, 5.74) is 0.406. The Bertz CT molecular complexity index is 405. The quantitative estimate of drug-likeness (QED) is 0.867. The molecule has 0 heterocycles. The maximum atomic E-state index is 11.0. The summed E-state index contributed by atoms with van der Waals surface area (Å²) in [4.78, 5) is 12.3. The minimum absolute atomic E-state index is 0.580. The number of carboxylic acids is 1. The molecule has 1 aliphatic carbocycles. The third-order valence-corrected chi connectivity index (χ3v) is 4.32. The summed E-state index contributed by atoms with van der Waals surface area (Å²) in [5.74, 6) is -0.742. The van der Waals surface area contributed by atoms with Gasteiger partial charge in [-0.1, -0.05) is 12.1 Å². The molecule has 0 bridgehead atoms. The summed E-state index contributed by atoms with van der Waals surface area (Å²) in [6.07, 6.45) is 3.24. The fraction of sp³-hybridized carbons (Fsp3) is 0.500. The Hall–Kier alpha value is -0.960. The van der Waals surface area contributed by atoms with Gasteiger partial charge in [-0.15, -0.1) is 11.8 Å². The maximum Gasteiger partial charge on any atom is 0.309 e. The molecule has 17 heavy (non-hydrogen) atoms. The van der Waals surface area contributed by atoms with E-state index in [4.69, 9.17) is 5.11 Å². The van der Waals surface area contributed by atoms with Gasteiger partial charge in [0.05, 0.1) is 5.41 Å². The zero-order valence-corrected chi connectivity index (χ0v) is 11.1. The number of thioether (sulfide) groups is 1. The smallest absolute Gasteiger partial charge is 0.309 e. The summed E-state index contributed by atoms with van der Waals surface area (Å²) in [5, 5.41) is 9.90. The van der Waals surface area contributed by atoms with Crippen LogP contribution >= 0.6 is 11.8 Å². The SMILES string of the molecule is CC(C)(Cc1ccc(SC2CC2)cc1)C(=O)O. The molecule has 1 fully saturated rings. The van der Waals surface area contributed by atoms with Crippen LogP contribution in [0.25, 0.3) is 0 Å². The van der Waals surface area contributed by atoms with Crippen molar-refractivity contribution in [2.24, 2.45) is 5.41 Å². The molecule has 0 radical (unpaired) electrons. The number of hydrogen-bond donors (Lipinski definition) is 1. The monoisotopic (exact) mass is 250 g/mol. The molecule has 3 heteroatoms. The Labute approximate surface area is 106 Å². The Morgan fingerprint density at radius 2 is 1.94 bits per heavy atom. The predicted molar refractivity (Wildman–Crippen MR) is 70.4 cm³/mol. The van der Waals surface area contributed by atoms with E-state index in [-0.39, 0.29) is 0 Å². The molecular weight excluding hydrogens is 232 g/mol. The first kappa shape index (κ1) is 12.5. The fourth-order valence-electron chi connectivity index (χ4n) is 1.65. The van der Waals surface area contributed by atoms with Gasteiger partial charge < -0.3 is 5.11 Å². The highest BCUT2D eigenvalue weighted by Gasteiger charge is 2.27. The second-order valence-electron chi connectivity index (χ2n) is 5.33. The molecule has 2 rings (SSSR count). The molecule has 2 nitrogen and oxygen atoms in total. The van der Waals surface area contributed by atoms with Crippen molar-refractivity contribution >= 4 is 17.7 Å². The van der Waals surface area contributed by atoms with Crippen molar-refractivity contribution in [1.29, 1.82) is 0 Å². The largest absolute Gasteiger partial charge is 0.481 e. The number of aliphatic carboxylic acids is 1. The molecule has 0 spiro atoms. The molecule has 0 aliphatic heterocycles. The Balaban J connectivity index is 1.99. The average molecular weight is 250 g/mol. The maximum absolute atomic E-state index is 11.0. The van der Waals surface area contributed by atoms with E-state index in [2.05, 4.69) is 24.3 Å². The van der Waals surface area contributed by atoms with Crippen LogP contribution in [-0.4, -0.2) is 16.3 Å². The molecule has 1 saturated carbocycles. The topological polar surface area (TPSA) is 37.3 Å². The van der Waals surface area contributed by atoms with Gasteiger partial charge in [0, 0.05) is 10.1 Å². The third-order valence-electron chi connectivity index (χ3n) is 2.98. The minimum Gasteiger partial charge on any atom is -0.481 e. The van der Waals surface area contributed by atoms with E-state index < -0.39 is 11.4 Å². The van der Waals surface area contributed by atoms with Crippen molar-refractivity contribution in [2.75, 3.05) is 0 Å². The van der Waals surface area contributed by atoms with Gasteiger partial charge in [0.2, 0.25) is 0 Å². The first-order valence-corrected chi connectivity index (χ1v) is 6.84. The highest BCUT2D eigenvalue weighted by molar-refractivity contribution is 8.00. The first-order valence-electron chi connectivity index (χ1n) is 5.96. The summed E-state index contributed by atoms with van der Waals surface area (Å²) < 4.78 is 0. The first-order chi connectivity index (χ1) is 7.97. The van der Waals surface area contributed by atoms with Crippen LogP contribution in [-0.2, 0) is 11.2 Å². The van der Waals surface area contributed by atoms with E-state index in [0.29, 0.717) is 6.42 Å². The predicted octanol–water partition coefficient (Wildman–Crippen LogP) is 3.59. The molecule has 0 amide bonds. The zero-order valence-electron chi connectivity index (χ0n) is 10.3. The number of rotatable bonds is 5. The molecular formula is C14H18O2S. The Kier molecular flexibility index (Phi) is 3.48. The lowest BCUT2D eigenvalue weighted by atomic mass is 9.86. The van der Waals surface area contributed by atoms with Crippen molar-refractivity contribution in [3.63, 3.8) is 0 Å². The zero-order chi connectivity index (χ0) is 12.5. The van der Waals surface area contributed by atoms with E-state index >= 15 is 0 Å². The van der Waals surface area contributed by atoms with Gasteiger partial charge >= 0.3 is 5.97 Å². The lowest BCUT2D eigenvalue weighted by molar-refractivity contribution is -0.146. The Morgan fingerprint density at radius 1 is 1.35 bits per heavy atom. The second kappa shape index (κ2) is 4.73. The molecule has 1 aliphatic rings. The third kappa shape index (κ3) is 3.50. The number of hydrogen-bond acceptors (Lipinski definition) is 2. The van der Waals surface area contributed by atoms with Crippen molar-refractivity contribution < 1.29 is 9.90 Å². The second-order valence-corrected chi connectivity index (χ2v) is 6.70. The van der Waals surface area contributed by atoms with Crippen LogP contribution in [0.2, 0.25) is 0 Å². The highest BCUT2D eigenvalue weighted by atomic mass is 32.2. The van der Waals surface area contributed by atoms with E-state index in [9.17, 15) is 4.79 Å². The van der Waals surface area contributed by atoms with Crippen LogP contribution in [0.1, 0.15) is 32.3 Å². The summed E-state index contributed by atoms with van der Waals surface area (Å²) in [6, 6.07) is 8.32. The summed E-state index contributed by atoms with van der Waals surface area (Å²) in [7, 11) is 0. The number of benzene rings is 1. The van der Waals surface area contributed by atoms with Gasteiger partial charge in [0.1, 0.15) is 0 Å². The van der Waals surface area contributed by atoms with Crippen molar-refractivity contribution in [3.8, 4) is 0 Å². The molecule has 0 saturated heterocycles. The molecule has 0 unspecified atom stereocenters. The van der Waals surface area contributed by atoms with Crippen LogP contribution < -0.4 is 0 Å². The average Bonchev–Trinajstić information content (AvgIpc) is 3.04. The lowest BCUT2D eigenvalue weighted by Gasteiger charge is -2.19.